The van der Waals surface area contributed by atoms with Crippen LogP contribution in [0.2, 0.25) is 0 Å². The maximum absolute atomic E-state index is 11.9. The number of nitrogens with two attached hydrogens (primary N) is 1. The number of para-hydroxylation sites is 2. The number of anilines is 2. The van der Waals surface area contributed by atoms with Crippen molar-refractivity contribution in [1.82, 2.24) is 4.90 Å². The first-order valence-corrected chi connectivity index (χ1v) is 6.33. The van der Waals surface area contributed by atoms with Gasteiger partial charge >= 0.3 is 0 Å². The topological polar surface area (TPSA) is 82.2 Å². The van der Waals surface area contributed by atoms with Crippen molar-refractivity contribution >= 4 is 17.3 Å². The maximum Gasteiger partial charge on any atom is 0.238 e. The van der Waals surface area contributed by atoms with Gasteiger partial charge in [0.05, 0.1) is 29.9 Å². The summed E-state index contributed by atoms with van der Waals surface area (Å²) in [5.74, 6) is -0.209. The molecule has 102 valence electrons. The summed E-state index contributed by atoms with van der Waals surface area (Å²) in [7, 11) is 0. The lowest BCUT2D eigenvalue weighted by molar-refractivity contribution is -0.117. The molecule has 0 aliphatic heterocycles. The number of hydrogen-bond donors (Lipinski definition) is 2. The smallest absolute Gasteiger partial charge is 0.238 e. The number of likely N-dealkylation sites (N-methyl/N-ethyl adjacent to an activating group) is 1. The van der Waals surface area contributed by atoms with Crippen LogP contribution in [-0.4, -0.2) is 30.4 Å². The molecule has 1 amide bonds. The summed E-state index contributed by atoms with van der Waals surface area (Å²) in [5, 5.41) is 11.6. The molecule has 19 heavy (non-hydrogen) atoms. The molecule has 0 radical (unpaired) electrons. The van der Waals surface area contributed by atoms with Gasteiger partial charge in [-0.1, -0.05) is 19.1 Å². The average molecular weight is 260 g/mol. The lowest BCUT2D eigenvalue weighted by atomic mass is 10.2. The summed E-state index contributed by atoms with van der Waals surface area (Å²) in [6, 6.07) is 9.31. The molecular formula is C14H20N4O. The van der Waals surface area contributed by atoms with Gasteiger partial charge in [-0.15, -0.1) is 0 Å². The highest BCUT2D eigenvalue weighted by atomic mass is 16.2. The fraction of sp³-hybridized carbons (Fsp3) is 0.429. The van der Waals surface area contributed by atoms with E-state index in [1.165, 1.54) is 0 Å². The van der Waals surface area contributed by atoms with Gasteiger partial charge in [-0.05, 0) is 25.6 Å². The van der Waals surface area contributed by atoms with E-state index in [1.807, 2.05) is 30.9 Å². The number of benzene rings is 1. The molecule has 1 aromatic rings. The first-order valence-electron chi connectivity index (χ1n) is 6.33. The Hall–Kier alpha value is -2.06. The number of rotatable bonds is 6. The van der Waals surface area contributed by atoms with Gasteiger partial charge in [0.1, 0.15) is 0 Å². The first kappa shape index (κ1) is 15.0. The largest absolute Gasteiger partial charge is 0.397 e. The normalized spacial score (nSPS) is 11.9. The van der Waals surface area contributed by atoms with Crippen LogP contribution in [-0.2, 0) is 4.79 Å². The molecule has 0 saturated carbocycles. The highest BCUT2D eigenvalue weighted by Crippen LogP contribution is 2.16. The molecule has 0 fully saturated rings. The molecular weight excluding hydrogens is 240 g/mol. The van der Waals surface area contributed by atoms with Crippen LogP contribution in [0.3, 0.4) is 0 Å². The zero-order valence-electron chi connectivity index (χ0n) is 11.4. The minimum absolute atomic E-state index is 0.0884. The van der Waals surface area contributed by atoms with Crippen molar-refractivity contribution in [2.45, 2.75) is 13.8 Å². The molecule has 0 heterocycles. The number of carbonyl (C=O) groups is 1. The molecule has 1 atom stereocenters. The lowest BCUT2D eigenvalue weighted by Gasteiger charge is -2.21. The Morgan fingerprint density at radius 1 is 1.53 bits per heavy atom. The SMILES string of the molecule is CCN(CC(=O)Nc1ccccc1N)CC(C)C#N. The standard InChI is InChI=1S/C14H20N4O/c1-3-18(9-11(2)8-15)10-14(19)17-13-7-5-4-6-12(13)16/h4-7,11H,3,9-10,16H2,1-2H3,(H,17,19). The monoisotopic (exact) mass is 260 g/mol. The highest BCUT2D eigenvalue weighted by Gasteiger charge is 2.12. The summed E-state index contributed by atoms with van der Waals surface area (Å²) in [5.41, 5.74) is 6.93. The fourth-order valence-electron chi connectivity index (χ4n) is 1.74. The Morgan fingerprint density at radius 3 is 2.79 bits per heavy atom. The summed E-state index contributed by atoms with van der Waals surface area (Å²) >= 11 is 0. The second-order valence-corrected chi connectivity index (χ2v) is 4.49. The summed E-state index contributed by atoms with van der Waals surface area (Å²) < 4.78 is 0. The van der Waals surface area contributed by atoms with E-state index in [0.717, 1.165) is 6.54 Å². The minimum Gasteiger partial charge on any atom is -0.397 e. The van der Waals surface area contributed by atoms with Gasteiger partial charge in [0.25, 0.3) is 0 Å². The van der Waals surface area contributed by atoms with E-state index in [4.69, 9.17) is 11.0 Å². The second-order valence-electron chi connectivity index (χ2n) is 4.49. The molecule has 1 aromatic carbocycles. The van der Waals surface area contributed by atoms with Crippen LogP contribution < -0.4 is 11.1 Å². The van der Waals surface area contributed by atoms with Crippen molar-refractivity contribution in [3.05, 3.63) is 24.3 Å². The Labute approximate surface area is 114 Å². The van der Waals surface area contributed by atoms with Crippen LogP contribution in [0.25, 0.3) is 0 Å². The van der Waals surface area contributed by atoms with Crippen LogP contribution in [0, 0.1) is 17.2 Å². The molecule has 5 nitrogen and oxygen atoms in total. The highest BCUT2D eigenvalue weighted by molar-refractivity contribution is 5.95. The Morgan fingerprint density at radius 2 is 2.21 bits per heavy atom. The molecule has 0 aromatic heterocycles. The van der Waals surface area contributed by atoms with Crippen LogP contribution in [0.1, 0.15) is 13.8 Å². The Balaban J connectivity index is 2.55. The van der Waals surface area contributed by atoms with Gasteiger partial charge in [0.15, 0.2) is 0 Å². The third-order valence-corrected chi connectivity index (χ3v) is 2.80. The van der Waals surface area contributed by atoms with Gasteiger partial charge in [0, 0.05) is 6.54 Å². The minimum atomic E-state index is -0.120. The fourth-order valence-corrected chi connectivity index (χ4v) is 1.74. The quantitative estimate of drug-likeness (QED) is 0.762. The van der Waals surface area contributed by atoms with Crippen LogP contribution in [0.4, 0.5) is 11.4 Å². The predicted molar refractivity (Wildman–Crippen MR) is 76.4 cm³/mol. The molecule has 3 N–H and O–H groups in total. The third-order valence-electron chi connectivity index (χ3n) is 2.80. The van der Waals surface area contributed by atoms with E-state index in [1.54, 1.807) is 12.1 Å². The molecule has 1 rings (SSSR count). The lowest BCUT2D eigenvalue weighted by Crippen LogP contribution is -2.35. The molecule has 0 bridgehead atoms. The number of hydrogen-bond acceptors (Lipinski definition) is 4. The van der Waals surface area contributed by atoms with Crippen LogP contribution >= 0.6 is 0 Å². The van der Waals surface area contributed by atoms with Gasteiger partial charge in [-0.3, -0.25) is 9.69 Å². The number of nitrogens with zero attached hydrogens (tertiary/aromatic N) is 2. The van der Waals surface area contributed by atoms with Crippen molar-refractivity contribution in [2.24, 2.45) is 5.92 Å². The van der Waals surface area contributed by atoms with Crippen LogP contribution in [0.15, 0.2) is 24.3 Å². The van der Waals surface area contributed by atoms with Crippen LogP contribution in [0.5, 0.6) is 0 Å². The Bertz CT molecular complexity index is 467. The number of nitrogens with one attached hydrogen (secondary N) is 1. The average Bonchev–Trinajstić information content (AvgIpc) is 2.40. The third kappa shape index (κ3) is 4.98. The number of carbonyl (C=O) groups excluding carboxylic acids is 1. The van der Waals surface area contributed by atoms with E-state index >= 15 is 0 Å². The Kier molecular flexibility index (Phi) is 5.83. The molecule has 0 spiro atoms. The summed E-state index contributed by atoms with van der Waals surface area (Å²) in [6.07, 6.45) is 0. The number of nitriles is 1. The van der Waals surface area contributed by atoms with Gasteiger partial charge in [-0.2, -0.15) is 5.26 Å². The van der Waals surface area contributed by atoms with Crippen molar-refractivity contribution in [3.8, 4) is 6.07 Å². The number of amides is 1. The van der Waals surface area contributed by atoms with E-state index in [-0.39, 0.29) is 18.4 Å². The van der Waals surface area contributed by atoms with E-state index in [0.29, 0.717) is 17.9 Å². The van der Waals surface area contributed by atoms with Crippen molar-refractivity contribution in [3.63, 3.8) is 0 Å². The van der Waals surface area contributed by atoms with Crippen molar-refractivity contribution in [2.75, 3.05) is 30.7 Å². The van der Waals surface area contributed by atoms with Crippen molar-refractivity contribution < 1.29 is 4.79 Å². The van der Waals surface area contributed by atoms with Gasteiger partial charge < -0.3 is 11.1 Å². The second kappa shape index (κ2) is 7.39. The van der Waals surface area contributed by atoms with E-state index in [9.17, 15) is 4.79 Å². The molecule has 0 aliphatic carbocycles. The summed E-state index contributed by atoms with van der Waals surface area (Å²) in [6.45, 7) is 5.38. The van der Waals surface area contributed by atoms with Gasteiger partial charge in [0.2, 0.25) is 5.91 Å². The zero-order valence-corrected chi connectivity index (χ0v) is 11.4. The molecule has 1 unspecified atom stereocenters. The first-order chi connectivity index (χ1) is 9.06. The van der Waals surface area contributed by atoms with Gasteiger partial charge in [-0.25, -0.2) is 0 Å². The van der Waals surface area contributed by atoms with Crippen molar-refractivity contribution in [1.29, 1.82) is 5.26 Å². The molecule has 0 aliphatic rings. The predicted octanol–water partition coefficient (Wildman–Crippen LogP) is 1.69. The van der Waals surface area contributed by atoms with E-state index in [2.05, 4.69) is 11.4 Å². The zero-order chi connectivity index (χ0) is 14.3. The number of nitrogen functional groups attached to an aromatic ring is 1. The maximum atomic E-state index is 11.9. The summed E-state index contributed by atoms with van der Waals surface area (Å²) in [4.78, 5) is 13.8. The molecule has 5 heteroatoms. The van der Waals surface area contributed by atoms with E-state index < -0.39 is 0 Å². The molecule has 0 saturated heterocycles.